The number of halogens is 1. The summed E-state index contributed by atoms with van der Waals surface area (Å²) in [5.41, 5.74) is 1.98. The molecule has 0 aliphatic rings. The highest BCUT2D eigenvalue weighted by atomic mass is 35.5. The Morgan fingerprint density at radius 2 is 2.11 bits per heavy atom. The summed E-state index contributed by atoms with van der Waals surface area (Å²) in [6.07, 6.45) is 3.38. The smallest absolute Gasteiger partial charge is 0.142 e. The van der Waals surface area contributed by atoms with Crippen LogP contribution in [0.4, 0.5) is 5.69 Å². The first-order valence-electron chi connectivity index (χ1n) is 5.85. The zero-order valence-electron chi connectivity index (χ0n) is 10.2. The average Bonchev–Trinajstić information content (AvgIpc) is 2.40. The van der Waals surface area contributed by atoms with Crippen LogP contribution >= 0.6 is 11.6 Å². The largest absolute Gasteiger partial charge is 0.492 e. The van der Waals surface area contributed by atoms with Crippen molar-refractivity contribution in [3.63, 3.8) is 0 Å². The van der Waals surface area contributed by atoms with Crippen LogP contribution in [0.25, 0.3) is 0 Å². The van der Waals surface area contributed by atoms with Gasteiger partial charge in [0.25, 0.3) is 0 Å². The zero-order chi connectivity index (χ0) is 12.8. The molecule has 94 valence electrons. The molecule has 0 saturated carbocycles. The van der Waals surface area contributed by atoms with Crippen LogP contribution in [0.2, 0.25) is 5.02 Å². The summed E-state index contributed by atoms with van der Waals surface area (Å²) in [7, 11) is 0. The number of aromatic nitrogens is 1. The van der Waals surface area contributed by atoms with Crippen molar-refractivity contribution in [2.45, 2.75) is 13.5 Å². The molecular weight excluding hydrogens is 248 g/mol. The van der Waals surface area contributed by atoms with Crippen molar-refractivity contribution < 1.29 is 4.74 Å². The molecule has 2 rings (SSSR count). The number of benzene rings is 1. The lowest BCUT2D eigenvalue weighted by Gasteiger charge is -2.12. The molecule has 1 heterocycles. The first-order chi connectivity index (χ1) is 8.81. The number of rotatable bonds is 5. The number of nitrogens with one attached hydrogen (secondary N) is 1. The van der Waals surface area contributed by atoms with E-state index in [1.807, 2.05) is 37.3 Å². The predicted molar refractivity (Wildman–Crippen MR) is 74.2 cm³/mol. The topological polar surface area (TPSA) is 34.1 Å². The first-order valence-corrected chi connectivity index (χ1v) is 6.23. The normalized spacial score (nSPS) is 10.1. The van der Waals surface area contributed by atoms with Crippen LogP contribution in [0, 0.1) is 0 Å². The second-order valence-corrected chi connectivity index (χ2v) is 4.16. The summed E-state index contributed by atoms with van der Waals surface area (Å²) in [6, 6.07) is 9.76. The molecule has 0 atom stereocenters. The Morgan fingerprint density at radius 3 is 2.89 bits per heavy atom. The molecule has 2 aromatic rings. The highest BCUT2D eigenvalue weighted by Gasteiger charge is 2.03. The van der Waals surface area contributed by atoms with Gasteiger partial charge >= 0.3 is 0 Å². The van der Waals surface area contributed by atoms with Crippen LogP contribution in [-0.4, -0.2) is 11.6 Å². The van der Waals surface area contributed by atoms with Gasteiger partial charge < -0.3 is 10.1 Å². The molecule has 0 unspecified atom stereocenters. The van der Waals surface area contributed by atoms with Crippen LogP contribution in [0.3, 0.4) is 0 Å². The van der Waals surface area contributed by atoms with E-state index < -0.39 is 0 Å². The van der Waals surface area contributed by atoms with Crippen molar-refractivity contribution in [1.82, 2.24) is 4.98 Å². The molecule has 0 aliphatic carbocycles. The van der Waals surface area contributed by atoms with E-state index in [4.69, 9.17) is 16.3 Å². The second-order valence-electron chi connectivity index (χ2n) is 3.75. The SMILES string of the molecule is CCOc1ccccc1NCc1ccncc1Cl. The average molecular weight is 263 g/mol. The summed E-state index contributed by atoms with van der Waals surface area (Å²) in [6.45, 7) is 3.26. The summed E-state index contributed by atoms with van der Waals surface area (Å²) in [5, 5.41) is 3.98. The molecule has 0 bridgehead atoms. The molecule has 4 heteroatoms. The molecule has 18 heavy (non-hydrogen) atoms. The number of para-hydroxylation sites is 2. The standard InChI is InChI=1S/C14H15ClN2O/c1-2-18-14-6-4-3-5-13(14)17-9-11-7-8-16-10-12(11)15/h3-8,10,17H,2,9H2,1H3. The number of pyridine rings is 1. The summed E-state index contributed by atoms with van der Waals surface area (Å²) in [5.74, 6) is 0.852. The minimum absolute atomic E-state index is 0.644. The van der Waals surface area contributed by atoms with Crippen LogP contribution in [-0.2, 0) is 6.54 Å². The number of anilines is 1. The van der Waals surface area contributed by atoms with Gasteiger partial charge in [-0.3, -0.25) is 4.98 Å². The van der Waals surface area contributed by atoms with Crippen LogP contribution in [0.1, 0.15) is 12.5 Å². The van der Waals surface area contributed by atoms with E-state index in [2.05, 4.69) is 10.3 Å². The fourth-order valence-electron chi connectivity index (χ4n) is 1.63. The molecule has 0 spiro atoms. The number of hydrogen-bond donors (Lipinski definition) is 1. The Kier molecular flexibility index (Phi) is 4.42. The van der Waals surface area contributed by atoms with Crippen molar-refractivity contribution in [1.29, 1.82) is 0 Å². The summed E-state index contributed by atoms with van der Waals surface area (Å²) >= 11 is 6.06. The van der Waals surface area contributed by atoms with E-state index in [0.29, 0.717) is 18.2 Å². The van der Waals surface area contributed by atoms with Gasteiger partial charge in [0.2, 0.25) is 0 Å². The van der Waals surface area contributed by atoms with Crippen LogP contribution in [0.5, 0.6) is 5.75 Å². The van der Waals surface area contributed by atoms with Crippen molar-refractivity contribution >= 4 is 17.3 Å². The molecule has 0 amide bonds. The Labute approximate surface area is 112 Å². The molecule has 1 aromatic carbocycles. The Bertz CT molecular complexity index is 517. The number of ether oxygens (including phenoxy) is 1. The Hall–Kier alpha value is -1.74. The van der Waals surface area contributed by atoms with Gasteiger partial charge in [0.1, 0.15) is 5.75 Å². The van der Waals surface area contributed by atoms with Gasteiger partial charge in [0.15, 0.2) is 0 Å². The monoisotopic (exact) mass is 262 g/mol. The molecular formula is C14H15ClN2O. The lowest BCUT2D eigenvalue weighted by molar-refractivity contribution is 0.341. The van der Waals surface area contributed by atoms with Gasteiger partial charge in [0, 0.05) is 18.9 Å². The fourth-order valence-corrected chi connectivity index (χ4v) is 1.82. The molecule has 0 saturated heterocycles. The van der Waals surface area contributed by atoms with Gasteiger partial charge in [-0.1, -0.05) is 23.7 Å². The third-order valence-corrected chi connectivity index (χ3v) is 2.85. The lowest BCUT2D eigenvalue weighted by Crippen LogP contribution is -2.03. The van der Waals surface area contributed by atoms with E-state index in [0.717, 1.165) is 17.0 Å². The third kappa shape index (κ3) is 3.14. The fraction of sp³-hybridized carbons (Fsp3) is 0.214. The molecule has 1 aromatic heterocycles. The highest BCUT2D eigenvalue weighted by Crippen LogP contribution is 2.25. The van der Waals surface area contributed by atoms with Gasteiger partial charge in [0.05, 0.1) is 17.3 Å². The van der Waals surface area contributed by atoms with Gasteiger partial charge in [-0.2, -0.15) is 0 Å². The quantitative estimate of drug-likeness (QED) is 0.891. The predicted octanol–water partition coefficient (Wildman–Crippen LogP) is 3.75. The third-order valence-electron chi connectivity index (χ3n) is 2.51. The molecule has 1 N–H and O–H groups in total. The maximum Gasteiger partial charge on any atom is 0.142 e. The van der Waals surface area contributed by atoms with Crippen molar-refractivity contribution in [3.05, 3.63) is 53.3 Å². The van der Waals surface area contributed by atoms with E-state index in [9.17, 15) is 0 Å². The van der Waals surface area contributed by atoms with Gasteiger partial charge in [-0.05, 0) is 30.7 Å². The van der Waals surface area contributed by atoms with Crippen molar-refractivity contribution in [2.24, 2.45) is 0 Å². The Morgan fingerprint density at radius 1 is 1.28 bits per heavy atom. The van der Waals surface area contributed by atoms with Gasteiger partial charge in [-0.25, -0.2) is 0 Å². The van der Waals surface area contributed by atoms with Crippen LogP contribution in [0.15, 0.2) is 42.7 Å². The van der Waals surface area contributed by atoms with Crippen molar-refractivity contribution in [3.8, 4) is 5.75 Å². The van der Waals surface area contributed by atoms with E-state index in [1.54, 1.807) is 12.4 Å². The lowest BCUT2D eigenvalue weighted by atomic mass is 10.2. The molecule has 3 nitrogen and oxygen atoms in total. The minimum atomic E-state index is 0.644. The number of nitrogens with zero attached hydrogens (tertiary/aromatic N) is 1. The summed E-state index contributed by atoms with van der Waals surface area (Å²) in [4.78, 5) is 3.96. The van der Waals surface area contributed by atoms with E-state index in [1.165, 1.54) is 0 Å². The highest BCUT2D eigenvalue weighted by molar-refractivity contribution is 6.31. The number of hydrogen-bond acceptors (Lipinski definition) is 3. The molecule has 0 radical (unpaired) electrons. The van der Waals surface area contributed by atoms with Gasteiger partial charge in [-0.15, -0.1) is 0 Å². The maximum atomic E-state index is 6.06. The first kappa shape index (κ1) is 12.7. The van der Waals surface area contributed by atoms with E-state index >= 15 is 0 Å². The van der Waals surface area contributed by atoms with Crippen LogP contribution < -0.4 is 10.1 Å². The van der Waals surface area contributed by atoms with E-state index in [-0.39, 0.29) is 0 Å². The molecule has 0 fully saturated rings. The Balaban J connectivity index is 2.08. The second kappa shape index (κ2) is 6.26. The zero-order valence-corrected chi connectivity index (χ0v) is 10.9. The minimum Gasteiger partial charge on any atom is -0.492 e. The van der Waals surface area contributed by atoms with Crippen molar-refractivity contribution in [2.75, 3.05) is 11.9 Å². The maximum absolute atomic E-state index is 6.06. The summed E-state index contributed by atoms with van der Waals surface area (Å²) < 4.78 is 5.55. The molecule has 0 aliphatic heterocycles.